The molecule has 0 fully saturated rings. The van der Waals surface area contributed by atoms with E-state index in [0.717, 1.165) is 0 Å². The van der Waals surface area contributed by atoms with Crippen LogP contribution in [0.15, 0.2) is 27.9 Å². The molecule has 0 amide bonds. The van der Waals surface area contributed by atoms with Crippen molar-refractivity contribution in [3.05, 3.63) is 44.8 Å². The number of aromatic nitrogens is 2. The van der Waals surface area contributed by atoms with Gasteiger partial charge in [-0.2, -0.15) is 0 Å². The predicted molar refractivity (Wildman–Crippen MR) is 73.4 cm³/mol. The van der Waals surface area contributed by atoms with E-state index in [2.05, 4.69) is 4.98 Å². The number of nitrogens with zero attached hydrogens (tertiary/aromatic N) is 1. The average molecular weight is 328 g/mol. The number of aromatic amines is 1. The SMILES string of the molecule is Cc1cn(C2C=CC(OC(C(=O)O)P(=O)=O)C2)c(=O)[nH]c1=O. The molecule has 1 aromatic heterocycles. The van der Waals surface area contributed by atoms with Crippen molar-refractivity contribution in [3.8, 4) is 0 Å². The minimum Gasteiger partial charge on any atom is -0.479 e. The third kappa shape index (κ3) is 3.32. The third-order valence-corrected chi connectivity index (χ3v) is 3.96. The normalized spacial score (nSPS) is 21.7. The number of hydrogen-bond acceptors (Lipinski definition) is 6. The van der Waals surface area contributed by atoms with Gasteiger partial charge in [-0.05, 0) is 6.92 Å². The van der Waals surface area contributed by atoms with Crippen LogP contribution in [0.4, 0.5) is 0 Å². The minimum atomic E-state index is -3.28. The number of nitrogens with one attached hydrogen (secondary N) is 1. The lowest BCUT2D eigenvalue weighted by molar-refractivity contribution is -0.146. The van der Waals surface area contributed by atoms with E-state index in [1.807, 2.05) is 0 Å². The Morgan fingerprint density at radius 1 is 1.45 bits per heavy atom. The molecular weight excluding hydrogens is 315 g/mol. The van der Waals surface area contributed by atoms with E-state index in [-0.39, 0.29) is 6.42 Å². The molecule has 1 aliphatic rings. The van der Waals surface area contributed by atoms with Gasteiger partial charge < -0.3 is 9.84 Å². The minimum absolute atomic E-state index is 0.193. The number of carbonyl (C=O) groups is 1. The van der Waals surface area contributed by atoms with Crippen molar-refractivity contribution < 1.29 is 23.8 Å². The highest BCUT2D eigenvalue weighted by atomic mass is 31.1. The molecule has 1 aliphatic carbocycles. The number of hydrogen-bond donors (Lipinski definition) is 2. The van der Waals surface area contributed by atoms with Gasteiger partial charge in [-0.3, -0.25) is 14.3 Å². The summed E-state index contributed by atoms with van der Waals surface area (Å²) in [5.41, 5.74) is -0.732. The molecule has 2 rings (SSSR count). The fourth-order valence-corrected chi connectivity index (χ4v) is 2.59. The highest BCUT2D eigenvalue weighted by Gasteiger charge is 2.31. The molecule has 0 spiro atoms. The third-order valence-electron chi connectivity index (χ3n) is 3.23. The average Bonchev–Trinajstić information content (AvgIpc) is 2.88. The largest absolute Gasteiger partial charge is 0.479 e. The quantitative estimate of drug-likeness (QED) is 0.586. The van der Waals surface area contributed by atoms with E-state index in [1.54, 1.807) is 13.0 Å². The van der Waals surface area contributed by atoms with Crippen LogP contribution in [-0.2, 0) is 18.7 Å². The Morgan fingerprint density at radius 3 is 2.73 bits per heavy atom. The Kier molecular flexibility index (Phi) is 4.58. The second-order valence-electron chi connectivity index (χ2n) is 4.82. The first-order valence-electron chi connectivity index (χ1n) is 6.31. The Bertz CT molecular complexity index is 796. The molecule has 118 valence electrons. The molecule has 1 aromatic rings. The van der Waals surface area contributed by atoms with Crippen molar-refractivity contribution in [2.75, 3.05) is 0 Å². The molecule has 0 bridgehead atoms. The highest BCUT2D eigenvalue weighted by molar-refractivity contribution is 7.32. The number of carboxylic acid groups (broad SMARTS) is 1. The van der Waals surface area contributed by atoms with Gasteiger partial charge in [0, 0.05) is 18.2 Å². The second-order valence-corrected chi connectivity index (χ2v) is 5.86. The van der Waals surface area contributed by atoms with Gasteiger partial charge in [0.1, 0.15) is 0 Å². The Labute approximate surface area is 124 Å². The second kappa shape index (κ2) is 6.25. The Balaban J connectivity index is 2.16. The fraction of sp³-hybridized carbons (Fsp3) is 0.417. The maximum atomic E-state index is 11.8. The molecule has 1 heterocycles. The smallest absolute Gasteiger partial charge is 0.357 e. The van der Waals surface area contributed by atoms with E-state index in [9.17, 15) is 23.5 Å². The maximum absolute atomic E-state index is 11.8. The number of aryl methyl sites for hydroxylation is 1. The maximum Gasteiger partial charge on any atom is 0.357 e. The first kappa shape index (κ1) is 16.1. The van der Waals surface area contributed by atoms with E-state index in [1.165, 1.54) is 16.8 Å². The molecule has 0 saturated heterocycles. The molecule has 2 N–H and O–H groups in total. The summed E-state index contributed by atoms with van der Waals surface area (Å²) in [7, 11) is -3.28. The lowest BCUT2D eigenvalue weighted by atomic mass is 10.2. The summed E-state index contributed by atoms with van der Waals surface area (Å²) in [4.78, 5) is 36.0. The molecule has 0 aliphatic heterocycles. The zero-order valence-electron chi connectivity index (χ0n) is 11.5. The molecular formula is C12H13N2O7P. The van der Waals surface area contributed by atoms with Gasteiger partial charge in [-0.1, -0.05) is 12.2 Å². The summed E-state index contributed by atoms with van der Waals surface area (Å²) < 4.78 is 27.9. The summed E-state index contributed by atoms with van der Waals surface area (Å²) in [5.74, 6) is -3.53. The number of H-pyrrole nitrogens is 1. The van der Waals surface area contributed by atoms with Gasteiger partial charge >= 0.3 is 19.3 Å². The van der Waals surface area contributed by atoms with Crippen molar-refractivity contribution in [2.45, 2.75) is 31.3 Å². The molecule has 0 aromatic carbocycles. The van der Waals surface area contributed by atoms with E-state index in [4.69, 9.17) is 9.84 Å². The van der Waals surface area contributed by atoms with Crippen molar-refractivity contribution >= 4 is 13.6 Å². The van der Waals surface area contributed by atoms with Crippen LogP contribution in [0.2, 0.25) is 0 Å². The van der Waals surface area contributed by atoms with Crippen molar-refractivity contribution in [1.29, 1.82) is 0 Å². The standard InChI is InChI=1S/C12H13N2O7P/c1-6-5-14(12(18)13-9(6)15)7-2-3-8(4-7)21-11(10(16)17)22(19)20/h2-3,5,7-8,11H,4H2,1H3,(H,16,17)(H,13,15,18). The van der Waals surface area contributed by atoms with Crippen LogP contribution < -0.4 is 11.2 Å². The van der Waals surface area contributed by atoms with Gasteiger partial charge in [0.15, 0.2) is 0 Å². The first-order chi connectivity index (χ1) is 10.3. The van der Waals surface area contributed by atoms with Crippen LogP contribution in [0, 0.1) is 6.92 Å². The molecule has 3 unspecified atom stereocenters. The summed E-state index contributed by atoms with van der Waals surface area (Å²) in [5, 5.41) is 8.77. The van der Waals surface area contributed by atoms with Crippen LogP contribution in [0.5, 0.6) is 0 Å². The zero-order chi connectivity index (χ0) is 16.4. The lowest BCUT2D eigenvalue weighted by Gasteiger charge is -2.16. The van der Waals surface area contributed by atoms with Crippen LogP contribution >= 0.6 is 7.68 Å². The molecule has 22 heavy (non-hydrogen) atoms. The number of aliphatic carboxylic acids is 1. The van der Waals surface area contributed by atoms with Gasteiger partial charge in [0.05, 0.1) is 12.1 Å². The summed E-state index contributed by atoms with van der Waals surface area (Å²) in [6.45, 7) is 1.55. The molecule has 0 radical (unpaired) electrons. The summed E-state index contributed by atoms with van der Waals surface area (Å²) in [6.07, 6.45) is 3.92. The van der Waals surface area contributed by atoms with Crippen LogP contribution in [0.1, 0.15) is 18.0 Å². The number of carboxylic acids is 1. The van der Waals surface area contributed by atoms with Crippen molar-refractivity contribution in [3.63, 3.8) is 0 Å². The molecule has 9 nitrogen and oxygen atoms in total. The Morgan fingerprint density at radius 2 is 2.14 bits per heavy atom. The van der Waals surface area contributed by atoms with Gasteiger partial charge in [0.2, 0.25) is 0 Å². The number of rotatable bonds is 5. The predicted octanol–water partition coefficient (Wildman–Crippen LogP) is 0.315. The van der Waals surface area contributed by atoms with Crippen LogP contribution in [0.3, 0.4) is 0 Å². The van der Waals surface area contributed by atoms with E-state index < -0.39 is 42.9 Å². The molecule has 0 saturated carbocycles. The van der Waals surface area contributed by atoms with Crippen molar-refractivity contribution in [2.24, 2.45) is 0 Å². The van der Waals surface area contributed by atoms with Gasteiger partial charge in [-0.25, -0.2) is 18.7 Å². The molecule has 10 heteroatoms. The topological polar surface area (TPSA) is 136 Å². The molecule has 3 atom stereocenters. The van der Waals surface area contributed by atoms with Crippen LogP contribution in [-0.4, -0.2) is 32.6 Å². The van der Waals surface area contributed by atoms with Crippen molar-refractivity contribution in [1.82, 2.24) is 9.55 Å². The monoisotopic (exact) mass is 328 g/mol. The zero-order valence-corrected chi connectivity index (χ0v) is 12.4. The van der Waals surface area contributed by atoms with E-state index >= 15 is 0 Å². The summed E-state index contributed by atoms with van der Waals surface area (Å²) >= 11 is 0. The summed E-state index contributed by atoms with van der Waals surface area (Å²) in [6, 6.07) is -0.452. The van der Waals surface area contributed by atoms with Gasteiger partial charge in [-0.15, -0.1) is 0 Å². The Hall–Kier alpha value is -2.25. The lowest BCUT2D eigenvalue weighted by Crippen LogP contribution is -2.33. The van der Waals surface area contributed by atoms with Crippen LogP contribution in [0.25, 0.3) is 0 Å². The highest BCUT2D eigenvalue weighted by Crippen LogP contribution is 2.28. The number of allylic oxidation sites excluding steroid dienone is 1. The van der Waals surface area contributed by atoms with E-state index in [0.29, 0.717) is 5.56 Å². The van der Waals surface area contributed by atoms with Gasteiger partial charge in [0.25, 0.3) is 11.4 Å². The fourth-order valence-electron chi connectivity index (χ4n) is 2.15. The first-order valence-corrected chi connectivity index (χ1v) is 7.56. The number of ether oxygens (including phenoxy) is 1.